The van der Waals surface area contributed by atoms with Crippen LogP contribution < -0.4 is 0 Å². The molecule has 0 aromatic carbocycles. The first kappa shape index (κ1) is 13.9. The summed E-state index contributed by atoms with van der Waals surface area (Å²) >= 11 is 0. The van der Waals surface area contributed by atoms with Gasteiger partial charge < -0.3 is 9.47 Å². The fourth-order valence-corrected chi connectivity index (χ4v) is 3.03. The third kappa shape index (κ3) is 2.13. The van der Waals surface area contributed by atoms with Crippen molar-refractivity contribution in [2.24, 2.45) is 27.2 Å². The molecule has 4 heteroatoms. The molecule has 0 aromatic heterocycles. The Morgan fingerprint density at radius 2 is 1.35 bits per heavy atom. The summed E-state index contributed by atoms with van der Waals surface area (Å²) in [4.78, 5) is 9.66. The average Bonchev–Trinajstić information content (AvgIpc) is 2.96. The molecular formula is C16H26N2O2. The van der Waals surface area contributed by atoms with Crippen LogP contribution in [0.4, 0.5) is 0 Å². The van der Waals surface area contributed by atoms with Crippen LogP contribution >= 0.6 is 0 Å². The third-order valence-electron chi connectivity index (χ3n) is 4.91. The SMILES string of the molecule is CC(C)[C@H]1COC(C2(C3=N[C@@H](C(C)C)CO3)CCC2)=N1. The topological polar surface area (TPSA) is 43.2 Å². The highest BCUT2D eigenvalue weighted by molar-refractivity contribution is 6.07. The normalized spacial score (nSPS) is 31.7. The van der Waals surface area contributed by atoms with Crippen LogP contribution in [0, 0.1) is 17.3 Å². The molecule has 20 heavy (non-hydrogen) atoms. The van der Waals surface area contributed by atoms with Crippen LogP contribution in [0.2, 0.25) is 0 Å². The quantitative estimate of drug-likeness (QED) is 0.793. The number of hydrogen-bond acceptors (Lipinski definition) is 4. The zero-order chi connectivity index (χ0) is 14.3. The molecule has 4 nitrogen and oxygen atoms in total. The van der Waals surface area contributed by atoms with Gasteiger partial charge in [0.1, 0.15) is 18.6 Å². The van der Waals surface area contributed by atoms with E-state index < -0.39 is 0 Å². The van der Waals surface area contributed by atoms with Crippen molar-refractivity contribution in [2.75, 3.05) is 13.2 Å². The largest absolute Gasteiger partial charge is 0.478 e. The molecule has 0 aromatic rings. The molecule has 2 aliphatic heterocycles. The Kier molecular flexibility index (Phi) is 3.51. The Hall–Kier alpha value is -1.06. The van der Waals surface area contributed by atoms with E-state index >= 15 is 0 Å². The Labute approximate surface area is 121 Å². The lowest BCUT2D eigenvalue weighted by Gasteiger charge is -2.39. The number of ether oxygens (including phenoxy) is 2. The van der Waals surface area contributed by atoms with Crippen molar-refractivity contribution in [3.8, 4) is 0 Å². The summed E-state index contributed by atoms with van der Waals surface area (Å²) in [6.45, 7) is 10.2. The number of nitrogens with zero attached hydrogens (tertiary/aromatic N) is 2. The van der Waals surface area contributed by atoms with Gasteiger partial charge in [-0.05, 0) is 24.7 Å². The molecule has 3 aliphatic rings. The van der Waals surface area contributed by atoms with Gasteiger partial charge in [-0.25, -0.2) is 9.98 Å². The maximum atomic E-state index is 5.93. The average molecular weight is 278 g/mol. The van der Waals surface area contributed by atoms with Crippen LogP contribution in [-0.2, 0) is 9.47 Å². The van der Waals surface area contributed by atoms with E-state index in [1.165, 1.54) is 6.42 Å². The summed E-state index contributed by atoms with van der Waals surface area (Å²) in [5.41, 5.74) is -0.132. The van der Waals surface area contributed by atoms with E-state index in [9.17, 15) is 0 Å². The van der Waals surface area contributed by atoms with Gasteiger partial charge in [0.2, 0.25) is 0 Å². The highest BCUT2D eigenvalue weighted by Gasteiger charge is 2.53. The monoisotopic (exact) mass is 278 g/mol. The number of aliphatic imine (C=N–C) groups is 2. The van der Waals surface area contributed by atoms with Crippen LogP contribution in [0.1, 0.15) is 47.0 Å². The molecule has 2 heterocycles. The van der Waals surface area contributed by atoms with Crippen LogP contribution in [0.15, 0.2) is 9.98 Å². The summed E-state index contributed by atoms with van der Waals surface area (Å²) in [7, 11) is 0. The van der Waals surface area contributed by atoms with Gasteiger partial charge in [0, 0.05) is 0 Å². The van der Waals surface area contributed by atoms with Gasteiger partial charge >= 0.3 is 0 Å². The summed E-state index contributed by atoms with van der Waals surface area (Å²) < 4.78 is 11.9. The molecule has 0 bridgehead atoms. The lowest BCUT2D eigenvalue weighted by Crippen LogP contribution is -2.45. The Bertz CT molecular complexity index is 400. The van der Waals surface area contributed by atoms with Crippen molar-refractivity contribution in [2.45, 2.75) is 59.0 Å². The van der Waals surface area contributed by atoms with Crippen LogP contribution in [0.25, 0.3) is 0 Å². The first-order chi connectivity index (χ1) is 9.53. The van der Waals surface area contributed by atoms with Crippen molar-refractivity contribution in [3.63, 3.8) is 0 Å². The lowest BCUT2D eigenvalue weighted by atomic mass is 9.68. The summed E-state index contributed by atoms with van der Waals surface area (Å²) in [6.07, 6.45) is 3.35. The van der Waals surface area contributed by atoms with Crippen molar-refractivity contribution in [3.05, 3.63) is 0 Å². The van der Waals surface area contributed by atoms with E-state index in [4.69, 9.17) is 19.5 Å². The van der Waals surface area contributed by atoms with Crippen LogP contribution in [0.5, 0.6) is 0 Å². The molecule has 0 N–H and O–H groups in total. The molecule has 0 radical (unpaired) electrons. The number of rotatable bonds is 4. The highest BCUT2D eigenvalue weighted by atomic mass is 16.5. The van der Waals surface area contributed by atoms with Gasteiger partial charge in [-0.3, -0.25) is 0 Å². The smallest absolute Gasteiger partial charge is 0.199 e. The summed E-state index contributed by atoms with van der Waals surface area (Å²) in [5, 5.41) is 0. The van der Waals surface area contributed by atoms with E-state index in [-0.39, 0.29) is 5.41 Å². The minimum Gasteiger partial charge on any atom is -0.478 e. The van der Waals surface area contributed by atoms with Crippen molar-refractivity contribution in [1.29, 1.82) is 0 Å². The van der Waals surface area contributed by atoms with Gasteiger partial charge in [0.05, 0.1) is 12.1 Å². The van der Waals surface area contributed by atoms with Gasteiger partial charge in [0.25, 0.3) is 0 Å². The van der Waals surface area contributed by atoms with Crippen molar-refractivity contribution < 1.29 is 9.47 Å². The maximum Gasteiger partial charge on any atom is 0.199 e. The minimum atomic E-state index is -0.132. The second-order valence-electron chi connectivity index (χ2n) is 7.05. The van der Waals surface area contributed by atoms with Crippen molar-refractivity contribution >= 4 is 11.8 Å². The molecule has 2 atom stereocenters. The molecule has 3 rings (SSSR count). The standard InChI is InChI=1S/C16H26N2O2/c1-10(2)12-8-19-14(17-12)16(6-5-7-16)15-18-13(9-20-15)11(3)4/h10-13H,5-9H2,1-4H3/t12-,13-/m1/s1. The minimum absolute atomic E-state index is 0.132. The number of hydrogen-bond donors (Lipinski definition) is 0. The zero-order valence-electron chi connectivity index (χ0n) is 13.1. The van der Waals surface area contributed by atoms with E-state index in [0.29, 0.717) is 23.9 Å². The molecule has 1 fully saturated rings. The van der Waals surface area contributed by atoms with E-state index in [2.05, 4.69) is 27.7 Å². The summed E-state index contributed by atoms with van der Waals surface area (Å²) in [6, 6.07) is 0.593. The van der Waals surface area contributed by atoms with Gasteiger partial charge in [-0.2, -0.15) is 0 Å². The zero-order valence-corrected chi connectivity index (χ0v) is 13.1. The van der Waals surface area contributed by atoms with Gasteiger partial charge in [-0.1, -0.05) is 34.1 Å². The Morgan fingerprint density at radius 3 is 1.60 bits per heavy atom. The van der Waals surface area contributed by atoms with E-state index in [0.717, 1.165) is 37.9 Å². The molecule has 0 saturated heterocycles. The van der Waals surface area contributed by atoms with Crippen molar-refractivity contribution in [1.82, 2.24) is 0 Å². The van der Waals surface area contributed by atoms with Crippen LogP contribution in [-0.4, -0.2) is 37.1 Å². The molecule has 1 aliphatic carbocycles. The van der Waals surface area contributed by atoms with Gasteiger partial charge in [-0.15, -0.1) is 0 Å². The van der Waals surface area contributed by atoms with E-state index in [1.807, 2.05) is 0 Å². The first-order valence-electron chi connectivity index (χ1n) is 7.95. The molecular weight excluding hydrogens is 252 g/mol. The van der Waals surface area contributed by atoms with Gasteiger partial charge in [0.15, 0.2) is 11.8 Å². The molecule has 112 valence electrons. The lowest BCUT2D eigenvalue weighted by molar-refractivity contribution is 0.190. The molecule has 0 spiro atoms. The Morgan fingerprint density at radius 1 is 0.900 bits per heavy atom. The molecule has 0 unspecified atom stereocenters. The predicted octanol–water partition coefficient (Wildman–Crippen LogP) is 3.06. The first-order valence-corrected chi connectivity index (χ1v) is 7.95. The fraction of sp³-hybridized carbons (Fsp3) is 0.875. The molecule has 0 amide bonds. The second kappa shape index (κ2) is 5.05. The molecule has 1 saturated carbocycles. The summed E-state index contributed by atoms with van der Waals surface area (Å²) in [5.74, 6) is 2.84. The second-order valence-corrected chi connectivity index (χ2v) is 7.05. The third-order valence-corrected chi connectivity index (χ3v) is 4.91. The highest BCUT2D eigenvalue weighted by Crippen LogP contribution is 2.47. The van der Waals surface area contributed by atoms with Crippen LogP contribution in [0.3, 0.4) is 0 Å². The maximum absolute atomic E-state index is 5.93. The Balaban J connectivity index is 1.83. The fourth-order valence-electron chi connectivity index (χ4n) is 3.03. The predicted molar refractivity (Wildman–Crippen MR) is 80.3 cm³/mol. The van der Waals surface area contributed by atoms with E-state index in [1.54, 1.807) is 0 Å².